The smallest absolute Gasteiger partial charge is 0.255 e. The molecule has 0 fully saturated rings. The van der Waals surface area contributed by atoms with Gasteiger partial charge in [-0.3, -0.25) is 4.79 Å². The summed E-state index contributed by atoms with van der Waals surface area (Å²) in [4.78, 5) is 12.5. The lowest BCUT2D eigenvalue weighted by molar-refractivity contribution is 0.102. The first-order chi connectivity index (χ1) is 11.5. The fraction of sp³-hybridized carbons (Fsp3) is 0.278. The van der Waals surface area contributed by atoms with Crippen LogP contribution in [0.4, 0.5) is 5.69 Å². The van der Waals surface area contributed by atoms with Crippen molar-refractivity contribution in [1.82, 2.24) is 0 Å². The highest BCUT2D eigenvalue weighted by Gasteiger charge is 2.23. The van der Waals surface area contributed by atoms with Gasteiger partial charge in [-0.05, 0) is 38.1 Å². The van der Waals surface area contributed by atoms with Gasteiger partial charge < -0.3 is 14.8 Å². The Morgan fingerprint density at radius 3 is 2.62 bits per heavy atom. The van der Waals surface area contributed by atoms with E-state index in [2.05, 4.69) is 5.32 Å². The van der Waals surface area contributed by atoms with Crippen LogP contribution in [0.3, 0.4) is 0 Å². The van der Waals surface area contributed by atoms with Crippen molar-refractivity contribution in [1.29, 1.82) is 0 Å². The SMILES string of the molecule is CCOc1cc2c(cc1NC(=O)c1cc(Cl)cc(Cl)c1)O[C@@H](C)C2. The quantitative estimate of drug-likeness (QED) is 0.831. The third kappa shape index (κ3) is 3.60. The van der Waals surface area contributed by atoms with E-state index in [1.165, 1.54) is 0 Å². The number of fused-ring (bicyclic) bond motifs is 1. The minimum Gasteiger partial charge on any atom is -0.492 e. The van der Waals surface area contributed by atoms with Crippen LogP contribution >= 0.6 is 23.2 Å². The van der Waals surface area contributed by atoms with Gasteiger partial charge in [0.05, 0.1) is 12.3 Å². The topological polar surface area (TPSA) is 47.6 Å². The molecule has 1 aliphatic rings. The third-order valence-electron chi connectivity index (χ3n) is 3.67. The lowest BCUT2D eigenvalue weighted by Crippen LogP contribution is -2.13. The number of rotatable bonds is 4. The zero-order chi connectivity index (χ0) is 17.3. The molecule has 1 heterocycles. The minimum atomic E-state index is -0.314. The Morgan fingerprint density at radius 1 is 1.25 bits per heavy atom. The predicted octanol–water partition coefficient (Wildman–Crippen LogP) is 4.97. The van der Waals surface area contributed by atoms with Gasteiger partial charge >= 0.3 is 0 Å². The number of ether oxygens (including phenoxy) is 2. The summed E-state index contributed by atoms with van der Waals surface area (Å²) in [6, 6.07) is 8.43. The van der Waals surface area contributed by atoms with Crippen LogP contribution in [-0.2, 0) is 6.42 Å². The lowest BCUT2D eigenvalue weighted by Gasteiger charge is -2.14. The molecule has 0 aromatic heterocycles. The number of nitrogens with one attached hydrogen (secondary N) is 1. The number of anilines is 1. The second kappa shape index (κ2) is 6.91. The van der Waals surface area contributed by atoms with Gasteiger partial charge in [-0.25, -0.2) is 0 Å². The van der Waals surface area contributed by atoms with E-state index in [4.69, 9.17) is 32.7 Å². The van der Waals surface area contributed by atoms with E-state index in [0.717, 1.165) is 17.7 Å². The second-order valence-electron chi connectivity index (χ2n) is 5.63. The summed E-state index contributed by atoms with van der Waals surface area (Å²) in [6.45, 7) is 4.41. The first kappa shape index (κ1) is 16.9. The van der Waals surface area contributed by atoms with Gasteiger partial charge in [-0.2, -0.15) is 0 Å². The molecule has 4 nitrogen and oxygen atoms in total. The largest absolute Gasteiger partial charge is 0.492 e. The van der Waals surface area contributed by atoms with Gasteiger partial charge in [-0.1, -0.05) is 23.2 Å². The molecular weight excluding hydrogens is 349 g/mol. The van der Waals surface area contributed by atoms with E-state index < -0.39 is 0 Å². The molecule has 0 aliphatic carbocycles. The van der Waals surface area contributed by atoms with Crippen LogP contribution in [0.1, 0.15) is 29.8 Å². The summed E-state index contributed by atoms with van der Waals surface area (Å²) in [5.74, 6) is 1.08. The molecule has 24 heavy (non-hydrogen) atoms. The summed E-state index contributed by atoms with van der Waals surface area (Å²) < 4.78 is 11.4. The van der Waals surface area contributed by atoms with Crippen molar-refractivity contribution >= 4 is 34.8 Å². The van der Waals surface area contributed by atoms with E-state index in [1.807, 2.05) is 19.9 Å². The highest BCUT2D eigenvalue weighted by molar-refractivity contribution is 6.35. The lowest BCUT2D eigenvalue weighted by atomic mass is 10.1. The van der Waals surface area contributed by atoms with Crippen LogP contribution in [-0.4, -0.2) is 18.6 Å². The van der Waals surface area contributed by atoms with Crippen molar-refractivity contribution in [3.63, 3.8) is 0 Å². The van der Waals surface area contributed by atoms with Gasteiger partial charge in [0.2, 0.25) is 0 Å². The Bertz CT molecular complexity index is 772. The molecule has 126 valence electrons. The van der Waals surface area contributed by atoms with Crippen LogP contribution in [0.2, 0.25) is 10.0 Å². The molecule has 0 spiro atoms. The maximum Gasteiger partial charge on any atom is 0.255 e. The summed E-state index contributed by atoms with van der Waals surface area (Å²) >= 11 is 11.9. The van der Waals surface area contributed by atoms with Crippen LogP contribution in [0.15, 0.2) is 30.3 Å². The Balaban J connectivity index is 1.91. The van der Waals surface area contributed by atoms with Gasteiger partial charge in [-0.15, -0.1) is 0 Å². The number of benzene rings is 2. The first-order valence-corrected chi connectivity index (χ1v) is 8.45. The molecule has 1 amide bonds. The molecular formula is C18H17Cl2NO3. The maximum absolute atomic E-state index is 12.5. The molecule has 2 aromatic rings. The van der Waals surface area contributed by atoms with Crippen molar-refractivity contribution in [2.24, 2.45) is 0 Å². The van der Waals surface area contributed by atoms with Crippen LogP contribution in [0.5, 0.6) is 11.5 Å². The van der Waals surface area contributed by atoms with Crippen LogP contribution < -0.4 is 14.8 Å². The Labute approximate surface area is 150 Å². The second-order valence-corrected chi connectivity index (χ2v) is 6.51. The Kier molecular flexibility index (Phi) is 4.88. The molecule has 0 saturated carbocycles. The van der Waals surface area contributed by atoms with Gasteiger partial charge in [0, 0.05) is 33.7 Å². The standard InChI is InChI=1S/C18H17Cl2NO3/c1-3-23-17-7-11-4-10(2)24-16(11)9-15(17)21-18(22)12-5-13(19)8-14(20)6-12/h5-10H,3-4H2,1-2H3,(H,21,22)/t10-/m0/s1. The summed E-state index contributed by atoms with van der Waals surface area (Å²) in [5.41, 5.74) is 2.02. The third-order valence-corrected chi connectivity index (χ3v) is 4.11. The van der Waals surface area contributed by atoms with Gasteiger partial charge in [0.1, 0.15) is 17.6 Å². The van der Waals surface area contributed by atoms with E-state index in [0.29, 0.717) is 33.7 Å². The highest BCUT2D eigenvalue weighted by atomic mass is 35.5. The minimum absolute atomic E-state index is 0.118. The summed E-state index contributed by atoms with van der Waals surface area (Å²) in [7, 11) is 0. The molecule has 1 atom stereocenters. The molecule has 0 bridgehead atoms. The normalized spacial score (nSPS) is 15.6. The van der Waals surface area contributed by atoms with Gasteiger partial charge in [0.25, 0.3) is 5.91 Å². The fourth-order valence-corrected chi connectivity index (χ4v) is 3.22. The average Bonchev–Trinajstić information content (AvgIpc) is 2.85. The van der Waals surface area contributed by atoms with Crippen LogP contribution in [0.25, 0.3) is 0 Å². The molecule has 2 aromatic carbocycles. The molecule has 0 radical (unpaired) electrons. The molecule has 0 unspecified atom stereocenters. The van der Waals surface area contributed by atoms with E-state index >= 15 is 0 Å². The first-order valence-electron chi connectivity index (χ1n) is 7.70. The maximum atomic E-state index is 12.5. The summed E-state index contributed by atoms with van der Waals surface area (Å²) in [6.07, 6.45) is 0.945. The van der Waals surface area contributed by atoms with E-state index in [1.54, 1.807) is 24.3 Å². The number of hydrogen-bond acceptors (Lipinski definition) is 3. The molecule has 0 saturated heterocycles. The van der Waals surface area contributed by atoms with Crippen molar-refractivity contribution in [3.8, 4) is 11.5 Å². The zero-order valence-corrected chi connectivity index (χ0v) is 14.9. The molecule has 1 aliphatic heterocycles. The molecule has 6 heteroatoms. The van der Waals surface area contributed by atoms with Gasteiger partial charge in [0.15, 0.2) is 0 Å². The average molecular weight is 366 g/mol. The number of carbonyl (C=O) groups is 1. The van der Waals surface area contributed by atoms with Crippen molar-refractivity contribution in [2.45, 2.75) is 26.4 Å². The number of amides is 1. The van der Waals surface area contributed by atoms with E-state index in [9.17, 15) is 4.79 Å². The van der Waals surface area contributed by atoms with Crippen molar-refractivity contribution < 1.29 is 14.3 Å². The Hall–Kier alpha value is -1.91. The molecule has 1 N–H and O–H groups in total. The number of halogens is 2. The van der Waals surface area contributed by atoms with Crippen molar-refractivity contribution in [3.05, 3.63) is 51.5 Å². The van der Waals surface area contributed by atoms with Crippen LogP contribution in [0, 0.1) is 0 Å². The molecule has 3 rings (SSSR count). The number of carbonyl (C=O) groups excluding carboxylic acids is 1. The fourth-order valence-electron chi connectivity index (χ4n) is 2.69. The monoisotopic (exact) mass is 365 g/mol. The predicted molar refractivity (Wildman–Crippen MR) is 95.8 cm³/mol. The van der Waals surface area contributed by atoms with E-state index in [-0.39, 0.29) is 12.0 Å². The highest BCUT2D eigenvalue weighted by Crippen LogP contribution is 2.38. The van der Waals surface area contributed by atoms with Crippen molar-refractivity contribution in [2.75, 3.05) is 11.9 Å². The number of hydrogen-bond donors (Lipinski definition) is 1. The zero-order valence-electron chi connectivity index (χ0n) is 13.4. The Morgan fingerprint density at radius 2 is 1.96 bits per heavy atom. The summed E-state index contributed by atoms with van der Waals surface area (Å²) in [5, 5.41) is 3.66.